The van der Waals surface area contributed by atoms with Crippen molar-refractivity contribution in [2.75, 3.05) is 18.8 Å². The lowest BCUT2D eigenvalue weighted by molar-refractivity contribution is -0.189. The van der Waals surface area contributed by atoms with Crippen molar-refractivity contribution in [1.29, 1.82) is 0 Å². The number of hydrogen-bond acceptors (Lipinski definition) is 12. The molecule has 1 saturated heterocycles. The van der Waals surface area contributed by atoms with Crippen molar-refractivity contribution in [3.05, 3.63) is 121 Å². The molecule has 0 spiro atoms. The van der Waals surface area contributed by atoms with E-state index in [1.165, 1.54) is 16.7 Å². The van der Waals surface area contributed by atoms with Gasteiger partial charge in [0.15, 0.2) is 5.82 Å². The minimum atomic E-state index is -1.86. The molecule has 2 atom stereocenters. The van der Waals surface area contributed by atoms with Crippen LogP contribution in [-0.2, 0) is 49.0 Å². The number of phenolic OH excluding ortho intramolecular Hbond substituents is 3. The zero-order chi connectivity index (χ0) is 47.2. The van der Waals surface area contributed by atoms with Crippen LogP contribution in [0.3, 0.4) is 0 Å². The second kappa shape index (κ2) is 18.1. The molecule has 0 radical (unpaired) electrons. The summed E-state index contributed by atoms with van der Waals surface area (Å²) in [5, 5.41) is 37.9. The van der Waals surface area contributed by atoms with Gasteiger partial charge >= 0.3 is 17.6 Å². The van der Waals surface area contributed by atoms with Crippen molar-refractivity contribution in [3.63, 3.8) is 0 Å². The maximum Gasteiger partial charge on any atom is 0.355 e. The van der Waals surface area contributed by atoms with Crippen LogP contribution in [-0.4, -0.2) is 70.5 Å². The maximum atomic E-state index is 14.1. The SMILES string of the molecule is CC/C(=C1\Cn2c(cc3c(c2=O)COC(=O)C3(CC)OC(=O)CCC(=O)N2CCC(Cc3ccc(-n4c(-c5cc(C(C)C)c(O)cc5O)n[nH]c4=O)cc3)CC2)C1C)c1cc(O)ccc1N. The molecule has 3 aliphatic rings. The Balaban J connectivity index is 0.893. The number of hydrogen-bond donors (Lipinski definition) is 5. The number of amides is 1. The van der Waals surface area contributed by atoms with Gasteiger partial charge in [-0.25, -0.2) is 19.3 Å². The zero-order valence-corrected chi connectivity index (χ0v) is 37.8. The molecule has 3 aliphatic heterocycles. The van der Waals surface area contributed by atoms with Gasteiger partial charge in [0.2, 0.25) is 11.5 Å². The predicted octanol–water partition coefficient (Wildman–Crippen LogP) is 6.66. The molecule has 2 unspecified atom stereocenters. The average molecular weight is 901 g/mol. The number of cyclic esters (lactones) is 1. The number of benzene rings is 3. The number of rotatable bonds is 12. The molecule has 8 rings (SSSR count). The number of phenols is 3. The minimum Gasteiger partial charge on any atom is -0.508 e. The fraction of sp³-hybridized carbons (Fsp3) is 0.400. The standard InChI is InChI=1S/C50H56N6O10/c1-6-33(35-21-32(57)12-13-40(35)51)37-25-55-41(28(37)5)23-39-38(47(55)62)26-65-48(63)50(39,7-2)66-45(61)15-14-44(60)54-18-16-30(17-19-54)20-29-8-10-31(11-9-29)56-46(52-53-49(56)64)36-22-34(27(3)4)42(58)24-43(36)59/h8-13,21-24,27-28,30,57-59H,6-7,14-20,25-26,51H2,1-5H3,(H,53,64)/b37-33-. The highest BCUT2D eigenvalue weighted by molar-refractivity contribution is 5.88. The number of nitrogen functional groups attached to an aromatic ring is 1. The number of aromatic amines is 1. The summed E-state index contributed by atoms with van der Waals surface area (Å²) in [6, 6.07) is 17.0. The van der Waals surface area contributed by atoms with Gasteiger partial charge in [-0.05, 0) is 109 Å². The van der Waals surface area contributed by atoms with Crippen molar-refractivity contribution < 1.29 is 39.2 Å². The highest BCUT2D eigenvalue weighted by atomic mass is 16.6. The molecular formula is C50H56N6O10. The molecule has 0 bridgehead atoms. The molecule has 0 saturated carbocycles. The minimum absolute atomic E-state index is 0.0151. The van der Waals surface area contributed by atoms with Crippen LogP contribution in [0.15, 0.2) is 75.8 Å². The van der Waals surface area contributed by atoms with Crippen molar-refractivity contribution in [3.8, 4) is 34.3 Å². The molecule has 66 heavy (non-hydrogen) atoms. The molecule has 2 aromatic heterocycles. The summed E-state index contributed by atoms with van der Waals surface area (Å²) < 4.78 is 14.5. The first kappa shape index (κ1) is 45.5. The van der Waals surface area contributed by atoms with Crippen LogP contribution in [0.4, 0.5) is 5.69 Å². The number of nitrogens with one attached hydrogen (secondary N) is 1. The first-order chi connectivity index (χ1) is 31.5. The lowest BCUT2D eigenvalue weighted by atomic mass is 9.84. The largest absolute Gasteiger partial charge is 0.508 e. The summed E-state index contributed by atoms with van der Waals surface area (Å²) in [5.74, 6) is -1.66. The third kappa shape index (κ3) is 8.24. The van der Waals surface area contributed by atoms with Crippen molar-refractivity contribution in [1.82, 2.24) is 24.2 Å². The number of H-pyrrole nitrogens is 1. The van der Waals surface area contributed by atoms with Crippen LogP contribution in [0, 0.1) is 5.92 Å². The van der Waals surface area contributed by atoms with Crippen LogP contribution in [0.5, 0.6) is 17.2 Å². The van der Waals surface area contributed by atoms with Gasteiger partial charge in [-0.3, -0.25) is 14.4 Å². The lowest BCUT2D eigenvalue weighted by Gasteiger charge is -2.36. The predicted molar refractivity (Wildman–Crippen MR) is 246 cm³/mol. The Morgan fingerprint density at radius 2 is 1.70 bits per heavy atom. The summed E-state index contributed by atoms with van der Waals surface area (Å²) in [5.41, 5.74) is 10.4. The Bertz CT molecular complexity index is 2880. The number of allylic oxidation sites excluding steroid dienone is 2. The number of likely N-dealkylation sites (tertiary alicyclic amines) is 1. The number of pyridine rings is 1. The summed E-state index contributed by atoms with van der Waals surface area (Å²) in [7, 11) is 0. The van der Waals surface area contributed by atoms with E-state index in [1.807, 2.05) is 52.0 Å². The molecule has 1 fully saturated rings. The van der Waals surface area contributed by atoms with Gasteiger partial charge in [0.1, 0.15) is 23.9 Å². The molecule has 5 aromatic rings. The third-order valence-electron chi connectivity index (χ3n) is 13.6. The Hall–Kier alpha value is -7.10. The number of carbonyl (C=O) groups is 3. The molecule has 346 valence electrons. The van der Waals surface area contributed by atoms with E-state index in [-0.39, 0.29) is 84.4 Å². The number of ether oxygens (including phenoxy) is 2. The van der Waals surface area contributed by atoms with Gasteiger partial charge in [-0.2, -0.15) is 5.10 Å². The third-order valence-corrected chi connectivity index (χ3v) is 13.6. The van der Waals surface area contributed by atoms with Crippen molar-refractivity contribution in [2.45, 2.75) is 110 Å². The van der Waals surface area contributed by atoms with Crippen LogP contribution >= 0.6 is 0 Å². The Morgan fingerprint density at radius 3 is 2.38 bits per heavy atom. The monoisotopic (exact) mass is 900 g/mol. The van der Waals surface area contributed by atoms with Gasteiger partial charge in [0, 0.05) is 60.5 Å². The Labute approximate surface area is 381 Å². The van der Waals surface area contributed by atoms with Gasteiger partial charge in [-0.15, -0.1) is 0 Å². The highest BCUT2D eigenvalue weighted by Crippen LogP contribution is 2.44. The molecular weight excluding hydrogens is 845 g/mol. The first-order valence-corrected chi connectivity index (χ1v) is 22.6. The summed E-state index contributed by atoms with van der Waals surface area (Å²) in [6.45, 7) is 10.5. The number of esters is 2. The van der Waals surface area contributed by atoms with E-state index < -0.39 is 23.2 Å². The summed E-state index contributed by atoms with van der Waals surface area (Å²) in [4.78, 5) is 69.3. The number of piperidine rings is 1. The number of aromatic hydroxyl groups is 3. The quantitative estimate of drug-likeness (QED) is 0.0503. The van der Waals surface area contributed by atoms with E-state index in [4.69, 9.17) is 15.2 Å². The summed E-state index contributed by atoms with van der Waals surface area (Å²) in [6.07, 6.45) is 2.49. The van der Waals surface area contributed by atoms with Crippen molar-refractivity contribution in [2.24, 2.45) is 5.92 Å². The number of aromatic nitrogens is 4. The number of carbonyl (C=O) groups excluding carboxylic acids is 3. The second-order valence-corrected chi connectivity index (χ2v) is 17.9. The molecule has 0 aliphatic carbocycles. The van der Waals surface area contributed by atoms with Gasteiger partial charge in [0.05, 0.1) is 23.2 Å². The van der Waals surface area contributed by atoms with Crippen LogP contribution < -0.4 is 17.0 Å². The molecule has 1 amide bonds. The highest BCUT2D eigenvalue weighted by Gasteiger charge is 2.50. The molecule has 3 aromatic carbocycles. The number of fused-ring (bicyclic) bond motifs is 2. The molecule has 16 nitrogen and oxygen atoms in total. The number of anilines is 1. The van der Waals surface area contributed by atoms with E-state index in [9.17, 15) is 39.3 Å². The van der Waals surface area contributed by atoms with Crippen LogP contribution in [0.25, 0.3) is 22.6 Å². The number of nitrogens with zero attached hydrogens (tertiary/aromatic N) is 4. The normalized spacial score (nSPS) is 19.1. The molecule has 16 heteroatoms. The number of nitrogens with two attached hydrogens (primary N) is 1. The fourth-order valence-electron chi connectivity index (χ4n) is 9.90. The zero-order valence-electron chi connectivity index (χ0n) is 37.8. The van der Waals surface area contributed by atoms with E-state index in [0.717, 1.165) is 36.0 Å². The van der Waals surface area contributed by atoms with Crippen LogP contribution in [0.2, 0.25) is 0 Å². The smallest absolute Gasteiger partial charge is 0.355 e. The van der Waals surface area contributed by atoms with E-state index in [0.29, 0.717) is 64.8 Å². The first-order valence-electron chi connectivity index (χ1n) is 22.6. The van der Waals surface area contributed by atoms with Gasteiger partial charge < -0.3 is 40.0 Å². The Kier molecular flexibility index (Phi) is 12.4. The maximum absolute atomic E-state index is 14.1. The summed E-state index contributed by atoms with van der Waals surface area (Å²) >= 11 is 0. The van der Waals surface area contributed by atoms with Gasteiger partial charge in [0.25, 0.3) is 5.56 Å². The average Bonchev–Trinajstić information content (AvgIpc) is 3.84. The van der Waals surface area contributed by atoms with Crippen LogP contribution in [0.1, 0.15) is 118 Å². The van der Waals surface area contributed by atoms with Crippen molar-refractivity contribution >= 4 is 29.1 Å². The fourth-order valence-corrected chi connectivity index (χ4v) is 9.90. The van der Waals surface area contributed by atoms with E-state index >= 15 is 0 Å². The topological polar surface area (TPSA) is 232 Å². The lowest BCUT2D eigenvalue weighted by Crippen LogP contribution is -2.47. The molecule has 5 heterocycles. The Morgan fingerprint density at radius 1 is 0.970 bits per heavy atom. The van der Waals surface area contributed by atoms with Gasteiger partial charge in [-0.1, -0.05) is 46.8 Å². The molecule has 6 N–H and O–H groups in total. The second-order valence-electron chi connectivity index (χ2n) is 17.9. The van der Waals surface area contributed by atoms with E-state index in [2.05, 4.69) is 10.2 Å². The van der Waals surface area contributed by atoms with E-state index in [1.54, 1.807) is 40.7 Å².